The number of ether oxygens (including phenoxy) is 1. The monoisotopic (exact) mass is 334 g/mol. The second-order valence-electron chi connectivity index (χ2n) is 6.11. The summed E-state index contributed by atoms with van der Waals surface area (Å²) in [5, 5.41) is 3.21. The SMILES string of the molecule is CCOC(=O)[C@]1(CC)N[C@@H](c2ccco2)[C@H]2C(=O)N(CC)C(=O)[C@@H]21. The lowest BCUT2D eigenvalue weighted by Gasteiger charge is -2.31. The van der Waals surface area contributed by atoms with Gasteiger partial charge in [0.1, 0.15) is 11.3 Å². The molecule has 0 aromatic carbocycles. The molecule has 0 saturated carbocycles. The molecule has 0 spiro atoms. The van der Waals surface area contributed by atoms with Gasteiger partial charge in [-0.3, -0.25) is 24.6 Å². The summed E-state index contributed by atoms with van der Waals surface area (Å²) in [5.41, 5.74) is -1.21. The van der Waals surface area contributed by atoms with Crippen LogP contribution in [0.5, 0.6) is 0 Å². The topological polar surface area (TPSA) is 88.8 Å². The number of nitrogens with one attached hydrogen (secondary N) is 1. The third kappa shape index (κ3) is 2.11. The number of carbonyl (C=O) groups excluding carboxylic acids is 3. The summed E-state index contributed by atoms with van der Waals surface area (Å²) in [7, 11) is 0. The van der Waals surface area contributed by atoms with Crippen LogP contribution in [0.2, 0.25) is 0 Å². The van der Waals surface area contributed by atoms with Gasteiger partial charge in [-0.05, 0) is 32.4 Å². The van der Waals surface area contributed by atoms with Gasteiger partial charge in [-0.1, -0.05) is 6.92 Å². The number of amides is 2. The maximum Gasteiger partial charge on any atom is 0.327 e. The van der Waals surface area contributed by atoms with E-state index in [2.05, 4.69) is 5.32 Å². The summed E-state index contributed by atoms with van der Waals surface area (Å²) in [4.78, 5) is 39.6. The van der Waals surface area contributed by atoms with Crippen molar-refractivity contribution < 1.29 is 23.5 Å². The fourth-order valence-electron chi connectivity index (χ4n) is 4.00. The third-order valence-electron chi connectivity index (χ3n) is 5.11. The molecule has 0 aliphatic carbocycles. The summed E-state index contributed by atoms with van der Waals surface area (Å²) in [6, 6.07) is 2.95. The van der Waals surface area contributed by atoms with E-state index < -0.39 is 29.4 Å². The van der Waals surface area contributed by atoms with Gasteiger partial charge in [0.15, 0.2) is 0 Å². The van der Waals surface area contributed by atoms with Gasteiger partial charge < -0.3 is 9.15 Å². The van der Waals surface area contributed by atoms with Gasteiger partial charge in [0, 0.05) is 6.54 Å². The number of hydrogen-bond donors (Lipinski definition) is 1. The Labute approximate surface area is 140 Å². The molecule has 24 heavy (non-hydrogen) atoms. The predicted molar refractivity (Wildman–Crippen MR) is 83.6 cm³/mol. The summed E-state index contributed by atoms with van der Waals surface area (Å²) in [6.07, 6.45) is 1.86. The lowest BCUT2D eigenvalue weighted by atomic mass is 9.78. The van der Waals surface area contributed by atoms with E-state index in [1.807, 2.05) is 6.92 Å². The van der Waals surface area contributed by atoms with E-state index in [9.17, 15) is 14.4 Å². The second-order valence-corrected chi connectivity index (χ2v) is 6.11. The lowest BCUT2D eigenvalue weighted by molar-refractivity contribution is -0.156. The smallest absolute Gasteiger partial charge is 0.327 e. The molecule has 2 aliphatic heterocycles. The van der Waals surface area contributed by atoms with Crippen molar-refractivity contribution in [1.82, 2.24) is 10.2 Å². The number of fused-ring (bicyclic) bond motifs is 1. The van der Waals surface area contributed by atoms with E-state index in [-0.39, 0.29) is 25.0 Å². The molecule has 3 rings (SSSR count). The van der Waals surface area contributed by atoms with Crippen molar-refractivity contribution in [3.63, 3.8) is 0 Å². The molecule has 1 aromatic rings. The quantitative estimate of drug-likeness (QED) is 0.644. The molecule has 7 nitrogen and oxygen atoms in total. The standard InChI is InChI=1S/C17H22N2O5/c1-4-17(16(22)23-6-3)12-11(14(20)19(5-2)15(12)21)13(18-17)10-8-7-9-24-10/h7-9,11-13,18H,4-6H2,1-3H3/t11-,12+,13-,17+/m0/s1. The molecule has 0 unspecified atom stereocenters. The molecule has 2 saturated heterocycles. The fraction of sp³-hybridized carbons (Fsp3) is 0.588. The molecule has 3 heterocycles. The highest BCUT2D eigenvalue weighted by Crippen LogP contribution is 2.50. The number of furan rings is 1. The average molecular weight is 334 g/mol. The van der Waals surface area contributed by atoms with Gasteiger partial charge in [-0.25, -0.2) is 0 Å². The number of imide groups is 1. The number of esters is 1. The second kappa shape index (κ2) is 6.05. The first-order valence-corrected chi connectivity index (χ1v) is 8.35. The fourth-order valence-corrected chi connectivity index (χ4v) is 4.00. The van der Waals surface area contributed by atoms with Crippen LogP contribution in [0.25, 0.3) is 0 Å². The van der Waals surface area contributed by atoms with Crippen LogP contribution in [0.4, 0.5) is 0 Å². The molecular weight excluding hydrogens is 312 g/mol. The normalized spacial score (nSPS) is 32.3. The molecule has 2 aliphatic rings. The number of hydrogen-bond acceptors (Lipinski definition) is 6. The van der Waals surface area contributed by atoms with E-state index >= 15 is 0 Å². The van der Waals surface area contributed by atoms with Crippen molar-refractivity contribution in [3.8, 4) is 0 Å². The van der Waals surface area contributed by atoms with Crippen LogP contribution >= 0.6 is 0 Å². The van der Waals surface area contributed by atoms with E-state index in [0.717, 1.165) is 0 Å². The Hall–Kier alpha value is -2.15. The maximum atomic E-state index is 12.9. The minimum Gasteiger partial charge on any atom is -0.468 e. The first-order chi connectivity index (χ1) is 11.5. The number of carbonyl (C=O) groups is 3. The van der Waals surface area contributed by atoms with Crippen LogP contribution < -0.4 is 5.32 Å². The number of nitrogens with zero attached hydrogens (tertiary/aromatic N) is 1. The summed E-state index contributed by atoms with van der Waals surface area (Å²) in [6.45, 7) is 5.79. The molecule has 1 N–H and O–H groups in total. The van der Waals surface area contributed by atoms with Gasteiger partial charge in [0.25, 0.3) is 0 Å². The molecule has 2 amide bonds. The van der Waals surface area contributed by atoms with Crippen LogP contribution in [0.15, 0.2) is 22.8 Å². The van der Waals surface area contributed by atoms with Crippen LogP contribution in [-0.4, -0.2) is 41.4 Å². The molecule has 1 aromatic heterocycles. The van der Waals surface area contributed by atoms with Crippen molar-refractivity contribution in [2.45, 2.75) is 38.8 Å². The molecule has 7 heteroatoms. The van der Waals surface area contributed by atoms with Gasteiger partial charge in [-0.2, -0.15) is 0 Å². The van der Waals surface area contributed by atoms with Crippen LogP contribution in [0.3, 0.4) is 0 Å². The van der Waals surface area contributed by atoms with Gasteiger partial charge in [-0.15, -0.1) is 0 Å². The van der Waals surface area contributed by atoms with Crippen LogP contribution in [0.1, 0.15) is 39.0 Å². The van der Waals surface area contributed by atoms with Crippen LogP contribution in [0, 0.1) is 11.8 Å². The minimum absolute atomic E-state index is 0.213. The van der Waals surface area contributed by atoms with Gasteiger partial charge >= 0.3 is 5.97 Å². The highest BCUT2D eigenvalue weighted by atomic mass is 16.5. The number of likely N-dealkylation sites (tertiary alicyclic amines) is 1. The summed E-state index contributed by atoms with van der Waals surface area (Å²) >= 11 is 0. The maximum absolute atomic E-state index is 12.9. The third-order valence-corrected chi connectivity index (χ3v) is 5.11. The Morgan fingerprint density at radius 2 is 2.08 bits per heavy atom. The minimum atomic E-state index is -1.21. The zero-order valence-corrected chi connectivity index (χ0v) is 14.1. The highest BCUT2D eigenvalue weighted by Gasteiger charge is 2.68. The Bertz CT molecular complexity index is 656. The van der Waals surface area contributed by atoms with Crippen molar-refractivity contribution in [1.29, 1.82) is 0 Å². The number of rotatable bonds is 5. The Morgan fingerprint density at radius 1 is 1.33 bits per heavy atom. The Balaban J connectivity index is 2.10. The molecule has 2 fully saturated rings. The molecule has 4 atom stereocenters. The zero-order valence-electron chi connectivity index (χ0n) is 14.1. The Kier molecular flexibility index (Phi) is 4.21. The lowest BCUT2D eigenvalue weighted by Crippen LogP contribution is -2.56. The first kappa shape index (κ1) is 16.7. The highest BCUT2D eigenvalue weighted by molar-refractivity contribution is 6.09. The van der Waals surface area contributed by atoms with Crippen LogP contribution in [-0.2, 0) is 19.1 Å². The Morgan fingerprint density at radius 3 is 2.62 bits per heavy atom. The first-order valence-electron chi connectivity index (χ1n) is 8.35. The van der Waals surface area contributed by atoms with Crippen molar-refractivity contribution in [2.75, 3.05) is 13.2 Å². The molecule has 0 bridgehead atoms. The van der Waals surface area contributed by atoms with E-state index in [0.29, 0.717) is 12.2 Å². The zero-order chi connectivity index (χ0) is 17.5. The van der Waals surface area contributed by atoms with Crippen molar-refractivity contribution in [3.05, 3.63) is 24.2 Å². The molecular formula is C17H22N2O5. The van der Waals surface area contributed by atoms with E-state index in [1.54, 1.807) is 26.0 Å². The van der Waals surface area contributed by atoms with E-state index in [4.69, 9.17) is 9.15 Å². The van der Waals surface area contributed by atoms with Gasteiger partial charge in [0.05, 0.1) is 30.7 Å². The van der Waals surface area contributed by atoms with Gasteiger partial charge in [0.2, 0.25) is 11.8 Å². The summed E-state index contributed by atoms with van der Waals surface area (Å²) < 4.78 is 10.7. The van der Waals surface area contributed by atoms with Crippen molar-refractivity contribution >= 4 is 17.8 Å². The largest absolute Gasteiger partial charge is 0.468 e. The average Bonchev–Trinajstić information content (AvgIpc) is 3.25. The molecule has 130 valence electrons. The summed E-state index contributed by atoms with van der Waals surface area (Å²) in [5.74, 6) is -1.96. The molecule has 0 radical (unpaired) electrons. The van der Waals surface area contributed by atoms with E-state index in [1.165, 1.54) is 11.2 Å². The van der Waals surface area contributed by atoms with Crippen molar-refractivity contribution in [2.24, 2.45) is 11.8 Å². The predicted octanol–water partition coefficient (Wildman–Crippen LogP) is 1.26.